The van der Waals surface area contributed by atoms with Crippen molar-refractivity contribution in [3.05, 3.63) is 18.6 Å². The van der Waals surface area contributed by atoms with Gasteiger partial charge in [-0.05, 0) is 0 Å². The molecule has 96 valence electrons. The molecule has 2 unspecified atom stereocenters. The minimum absolute atomic E-state index is 0.617. The van der Waals surface area contributed by atoms with Gasteiger partial charge in [0, 0.05) is 12.3 Å². The molecule has 0 saturated carbocycles. The van der Waals surface area contributed by atoms with Crippen molar-refractivity contribution in [3.8, 4) is 5.88 Å². The average molecular weight is 260 g/mol. The number of aromatic nitrogens is 2. The van der Waals surface area contributed by atoms with E-state index in [1.54, 1.807) is 0 Å². The molecule has 0 bridgehead atoms. The first kappa shape index (κ1) is 13.5. The van der Waals surface area contributed by atoms with Crippen LogP contribution in [0.2, 0.25) is 0 Å². The standard InChI is InChI=1S/C8H6F6N2O/c9-5(6(10)11)8(13,14)7(12)17-4-1-2-15-3-16-4/h1-3,5-7H. The lowest BCUT2D eigenvalue weighted by Gasteiger charge is -2.23. The molecule has 9 heteroatoms. The highest BCUT2D eigenvalue weighted by Crippen LogP contribution is 2.32. The summed E-state index contributed by atoms with van der Waals surface area (Å²) in [4.78, 5) is 6.60. The zero-order valence-electron chi connectivity index (χ0n) is 8.03. The maximum atomic E-state index is 12.9. The molecular weight excluding hydrogens is 254 g/mol. The summed E-state index contributed by atoms with van der Waals surface area (Å²) >= 11 is 0. The molecule has 1 heterocycles. The molecular formula is C8H6F6N2O. The van der Waals surface area contributed by atoms with Gasteiger partial charge < -0.3 is 4.74 Å². The molecule has 17 heavy (non-hydrogen) atoms. The number of hydrogen-bond donors (Lipinski definition) is 0. The number of hydrogen-bond acceptors (Lipinski definition) is 3. The second-order valence-corrected chi connectivity index (χ2v) is 2.89. The van der Waals surface area contributed by atoms with Crippen LogP contribution in [0.4, 0.5) is 26.3 Å². The Kier molecular flexibility index (Phi) is 4.13. The van der Waals surface area contributed by atoms with Gasteiger partial charge in [0.1, 0.15) is 6.33 Å². The fourth-order valence-electron chi connectivity index (χ4n) is 0.826. The van der Waals surface area contributed by atoms with Gasteiger partial charge >= 0.3 is 12.3 Å². The van der Waals surface area contributed by atoms with Crippen LogP contribution in [0.25, 0.3) is 0 Å². The second kappa shape index (κ2) is 5.19. The van der Waals surface area contributed by atoms with E-state index < -0.39 is 30.8 Å². The normalized spacial score (nSPS) is 15.7. The largest absolute Gasteiger partial charge is 0.437 e. The summed E-state index contributed by atoms with van der Waals surface area (Å²) in [7, 11) is 0. The van der Waals surface area contributed by atoms with Gasteiger partial charge in [-0.3, -0.25) is 0 Å². The van der Waals surface area contributed by atoms with Crippen molar-refractivity contribution in [1.29, 1.82) is 0 Å². The highest BCUT2D eigenvalue weighted by molar-refractivity contribution is 5.05. The maximum Gasteiger partial charge on any atom is 0.349 e. The van der Waals surface area contributed by atoms with E-state index in [0.717, 1.165) is 18.6 Å². The lowest BCUT2D eigenvalue weighted by atomic mass is 10.2. The van der Waals surface area contributed by atoms with E-state index in [1.807, 2.05) is 0 Å². The average Bonchev–Trinajstić information content (AvgIpc) is 2.29. The molecule has 0 aliphatic heterocycles. The topological polar surface area (TPSA) is 35.0 Å². The van der Waals surface area contributed by atoms with Crippen LogP contribution in [-0.2, 0) is 0 Å². The number of nitrogens with zero attached hydrogens (tertiary/aromatic N) is 2. The van der Waals surface area contributed by atoms with Crippen LogP contribution in [0.3, 0.4) is 0 Å². The van der Waals surface area contributed by atoms with Gasteiger partial charge in [-0.2, -0.15) is 13.2 Å². The molecule has 2 atom stereocenters. The van der Waals surface area contributed by atoms with Crippen molar-refractivity contribution in [2.75, 3.05) is 0 Å². The van der Waals surface area contributed by atoms with Gasteiger partial charge in [-0.15, -0.1) is 0 Å². The van der Waals surface area contributed by atoms with Gasteiger partial charge in [0.2, 0.25) is 12.1 Å². The van der Waals surface area contributed by atoms with Crippen molar-refractivity contribution >= 4 is 0 Å². The Balaban J connectivity index is 2.72. The van der Waals surface area contributed by atoms with E-state index >= 15 is 0 Å². The highest BCUT2D eigenvalue weighted by atomic mass is 19.3. The molecule has 0 radical (unpaired) electrons. The number of alkyl halides is 6. The number of rotatable bonds is 5. The van der Waals surface area contributed by atoms with Gasteiger partial charge in [-0.25, -0.2) is 23.1 Å². The van der Waals surface area contributed by atoms with E-state index in [4.69, 9.17) is 0 Å². The quantitative estimate of drug-likeness (QED) is 0.762. The first-order chi connectivity index (χ1) is 7.85. The Morgan fingerprint density at radius 1 is 1.18 bits per heavy atom. The van der Waals surface area contributed by atoms with Gasteiger partial charge in [0.15, 0.2) is 0 Å². The lowest BCUT2D eigenvalue weighted by Crippen LogP contribution is -2.46. The minimum Gasteiger partial charge on any atom is -0.437 e. The van der Waals surface area contributed by atoms with Crippen molar-refractivity contribution in [1.82, 2.24) is 9.97 Å². The monoisotopic (exact) mass is 260 g/mol. The third kappa shape index (κ3) is 3.21. The van der Waals surface area contributed by atoms with Crippen molar-refractivity contribution in [2.45, 2.75) is 24.9 Å². The summed E-state index contributed by atoms with van der Waals surface area (Å²) in [6, 6.07) is 0.915. The Morgan fingerprint density at radius 2 is 1.82 bits per heavy atom. The molecule has 0 spiro atoms. The van der Waals surface area contributed by atoms with Crippen LogP contribution < -0.4 is 4.74 Å². The zero-order chi connectivity index (χ0) is 13.1. The smallest absolute Gasteiger partial charge is 0.349 e. The number of ether oxygens (including phenoxy) is 1. The number of halogens is 6. The first-order valence-corrected chi connectivity index (χ1v) is 4.22. The van der Waals surface area contributed by atoms with Crippen LogP contribution in [0.1, 0.15) is 0 Å². The predicted octanol–water partition coefficient (Wildman–Crippen LogP) is 2.39. The van der Waals surface area contributed by atoms with Gasteiger partial charge in [0.05, 0.1) is 0 Å². The summed E-state index contributed by atoms with van der Waals surface area (Å²) in [5.41, 5.74) is 0. The Labute approximate surface area is 91.4 Å². The zero-order valence-corrected chi connectivity index (χ0v) is 8.03. The summed E-state index contributed by atoms with van der Waals surface area (Å²) in [6.07, 6.45) is -9.63. The third-order valence-electron chi connectivity index (χ3n) is 1.67. The molecule has 3 nitrogen and oxygen atoms in total. The van der Waals surface area contributed by atoms with Crippen LogP contribution in [0.5, 0.6) is 5.88 Å². The summed E-state index contributed by atoms with van der Waals surface area (Å²) in [5.74, 6) is -5.59. The van der Waals surface area contributed by atoms with Crippen LogP contribution in [-0.4, -0.2) is 34.8 Å². The SMILES string of the molecule is FC(F)C(F)C(F)(F)C(F)Oc1ccncn1. The van der Waals surface area contributed by atoms with Gasteiger partial charge in [-0.1, -0.05) is 0 Å². The van der Waals surface area contributed by atoms with Crippen molar-refractivity contribution in [3.63, 3.8) is 0 Å². The van der Waals surface area contributed by atoms with E-state index in [9.17, 15) is 26.3 Å². The molecule has 1 rings (SSSR count). The van der Waals surface area contributed by atoms with Crippen LogP contribution >= 0.6 is 0 Å². The van der Waals surface area contributed by atoms with E-state index in [0.29, 0.717) is 0 Å². The van der Waals surface area contributed by atoms with Crippen molar-refractivity contribution in [2.24, 2.45) is 0 Å². The second-order valence-electron chi connectivity index (χ2n) is 2.89. The molecule has 0 N–H and O–H groups in total. The highest BCUT2D eigenvalue weighted by Gasteiger charge is 2.55. The third-order valence-corrected chi connectivity index (χ3v) is 1.67. The van der Waals surface area contributed by atoms with Crippen LogP contribution in [0.15, 0.2) is 18.6 Å². The van der Waals surface area contributed by atoms with Gasteiger partial charge in [0.25, 0.3) is 6.43 Å². The van der Waals surface area contributed by atoms with E-state index in [1.165, 1.54) is 0 Å². The molecule has 0 aliphatic rings. The Bertz CT molecular complexity index is 349. The van der Waals surface area contributed by atoms with E-state index in [-0.39, 0.29) is 0 Å². The molecule has 0 aliphatic carbocycles. The lowest BCUT2D eigenvalue weighted by molar-refractivity contribution is -0.216. The maximum absolute atomic E-state index is 12.9. The molecule has 0 aromatic carbocycles. The molecule has 0 fully saturated rings. The summed E-state index contributed by atoms with van der Waals surface area (Å²) in [6.45, 7) is 0. The molecule has 0 saturated heterocycles. The van der Waals surface area contributed by atoms with E-state index in [2.05, 4.69) is 14.7 Å². The molecule has 1 aromatic rings. The Hall–Kier alpha value is -1.54. The summed E-state index contributed by atoms with van der Waals surface area (Å²) < 4.78 is 78.1. The fourth-order valence-corrected chi connectivity index (χ4v) is 0.826. The first-order valence-electron chi connectivity index (χ1n) is 4.22. The van der Waals surface area contributed by atoms with Crippen LogP contribution in [0, 0.1) is 0 Å². The fraction of sp³-hybridized carbons (Fsp3) is 0.500. The summed E-state index contributed by atoms with van der Waals surface area (Å²) in [5, 5.41) is 0. The minimum atomic E-state index is -4.97. The molecule has 1 aromatic heterocycles. The predicted molar refractivity (Wildman–Crippen MR) is 43.4 cm³/mol. The van der Waals surface area contributed by atoms with Crippen molar-refractivity contribution < 1.29 is 31.1 Å². The Morgan fingerprint density at radius 3 is 2.29 bits per heavy atom. The molecule has 0 amide bonds.